The van der Waals surface area contributed by atoms with Crippen molar-refractivity contribution >= 4 is 27.7 Å². The number of ketones is 1. The Balaban J connectivity index is 3.08. The van der Waals surface area contributed by atoms with E-state index in [1.165, 1.54) is 7.11 Å². The molecule has 0 N–H and O–H groups in total. The molecule has 17 heavy (non-hydrogen) atoms. The van der Waals surface area contributed by atoms with Crippen molar-refractivity contribution in [2.75, 3.05) is 12.4 Å². The van der Waals surface area contributed by atoms with Crippen LogP contribution in [0.2, 0.25) is 0 Å². The van der Waals surface area contributed by atoms with E-state index >= 15 is 0 Å². The average Bonchev–Trinajstić information content (AvgIpc) is 2.29. The van der Waals surface area contributed by atoms with Crippen LogP contribution >= 0.6 is 15.9 Å². The smallest absolute Gasteiger partial charge is 0.310 e. The van der Waals surface area contributed by atoms with Crippen LogP contribution in [0.15, 0.2) is 18.2 Å². The number of hydrogen-bond donors (Lipinski definition) is 0. The molecule has 0 amide bonds. The molecule has 92 valence electrons. The zero-order valence-electron chi connectivity index (χ0n) is 9.96. The van der Waals surface area contributed by atoms with Gasteiger partial charge in [-0.2, -0.15) is 0 Å². The van der Waals surface area contributed by atoms with Gasteiger partial charge >= 0.3 is 5.97 Å². The van der Waals surface area contributed by atoms with Gasteiger partial charge in [-0.25, -0.2) is 0 Å². The first-order valence-electron chi connectivity index (χ1n) is 5.34. The highest BCUT2D eigenvalue weighted by molar-refractivity contribution is 9.09. The molecule has 0 saturated heterocycles. The van der Waals surface area contributed by atoms with Gasteiger partial charge in [0.1, 0.15) is 0 Å². The second-order valence-electron chi connectivity index (χ2n) is 3.72. The fraction of sp³-hybridized carbons (Fsp3) is 0.385. The maximum atomic E-state index is 12.0. The fourth-order valence-electron chi connectivity index (χ4n) is 1.71. The lowest BCUT2D eigenvalue weighted by atomic mass is 9.95. The second-order valence-corrected chi connectivity index (χ2v) is 4.52. The van der Waals surface area contributed by atoms with Crippen molar-refractivity contribution in [3.05, 3.63) is 34.9 Å². The molecule has 0 fully saturated rings. The van der Waals surface area contributed by atoms with Gasteiger partial charge in [0.15, 0.2) is 5.78 Å². The van der Waals surface area contributed by atoms with Crippen molar-refractivity contribution in [1.29, 1.82) is 0 Å². The standard InChI is InChI=1S/C13H15BrO3/c1-9-4-3-5-10(8-12(16)17-2)13(9)11(15)6-7-14/h3-5H,6-8H2,1-2H3. The number of Topliss-reactive ketones (excluding diaryl/α,β-unsaturated/α-hetero) is 1. The molecule has 0 aliphatic heterocycles. The summed E-state index contributed by atoms with van der Waals surface area (Å²) in [6, 6.07) is 5.52. The number of aryl methyl sites for hydroxylation is 1. The summed E-state index contributed by atoms with van der Waals surface area (Å²) in [5, 5.41) is 0.623. The molecule has 1 aromatic rings. The first kappa shape index (κ1) is 13.9. The Hall–Kier alpha value is -1.16. The predicted molar refractivity (Wildman–Crippen MR) is 69.6 cm³/mol. The lowest BCUT2D eigenvalue weighted by Gasteiger charge is -2.10. The van der Waals surface area contributed by atoms with Gasteiger partial charge in [0.2, 0.25) is 0 Å². The summed E-state index contributed by atoms with van der Waals surface area (Å²) in [5.74, 6) is -0.276. The lowest BCUT2D eigenvalue weighted by Crippen LogP contribution is -2.12. The van der Waals surface area contributed by atoms with Crippen LogP contribution in [0.25, 0.3) is 0 Å². The number of carbonyl (C=O) groups is 2. The van der Waals surface area contributed by atoms with E-state index in [1.807, 2.05) is 19.1 Å². The number of ether oxygens (including phenoxy) is 1. The van der Waals surface area contributed by atoms with E-state index in [0.717, 1.165) is 11.1 Å². The number of carbonyl (C=O) groups excluding carboxylic acids is 2. The highest BCUT2D eigenvalue weighted by Gasteiger charge is 2.15. The molecule has 1 rings (SSSR count). The van der Waals surface area contributed by atoms with Crippen LogP contribution in [0.1, 0.15) is 27.9 Å². The van der Waals surface area contributed by atoms with E-state index in [1.54, 1.807) is 6.07 Å². The van der Waals surface area contributed by atoms with Gasteiger partial charge in [0, 0.05) is 17.3 Å². The monoisotopic (exact) mass is 298 g/mol. The molecule has 0 unspecified atom stereocenters. The molecule has 0 radical (unpaired) electrons. The van der Waals surface area contributed by atoms with Gasteiger partial charge < -0.3 is 4.74 Å². The second kappa shape index (κ2) is 6.55. The van der Waals surface area contributed by atoms with Gasteiger partial charge in [-0.1, -0.05) is 34.1 Å². The summed E-state index contributed by atoms with van der Waals surface area (Å²) in [6.45, 7) is 1.88. The third kappa shape index (κ3) is 3.66. The number of benzene rings is 1. The number of rotatable bonds is 5. The maximum absolute atomic E-state index is 12.0. The Labute approximate surface area is 109 Å². The van der Waals surface area contributed by atoms with Crippen LogP contribution in [-0.4, -0.2) is 24.2 Å². The molecule has 0 spiro atoms. The van der Waals surface area contributed by atoms with Gasteiger partial charge in [-0.3, -0.25) is 9.59 Å². The summed E-state index contributed by atoms with van der Waals surface area (Å²) in [4.78, 5) is 23.3. The minimum atomic E-state index is -0.330. The van der Waals surface area contributed by atoms with E-state index in [4.69, 9.17) is 0 Å². The molecule has 0 saturated carbocycles. The van der Waals surface area contributed by atoms with Crippen LogP contribution in [0.4, 0.5) is 0 Å². The Kier molecular flexibility index (Phi) is 5.35. The molecule has 0 aliphatic carbocycles. The number of halogens is 1. The van der Waals surface area contributed by atoms with Gasteiger partial charge in [-0.15, -0.1) is 0 Å². The first-order valence-corrected chi connectivity index (χ1v) is 6.46. The highest BCUT2D eigenvalue weighted by atomic mass is 79.9. The Morgan fingerprint density at radius 3 is 2.65 bits per heavy atom. The topological polar surface area (TPSA) is 43.4 Å². The molecule has 4 heteroatoms. The van der Waals surface area contributed by atoms with Crippen molar-refractivity contribution in [2.24, 2.45) is 0 Å². The third-order valence-electron chi connectivity index (χ3n) is 2.52. The van der Waals surface area contributed by atoms with Crippen molar-refractivity contribution in [1.82, 2.24) is 0 Å². The van der Waals surface area contributed by atoms with E-state index < -0.39 is 0 Å². The van der Waals surface area contributed by atoms with Crippen LogP contribution < -0.4 is 0 Å². The van der Waals surface area contributed by atoms with Gasteiger partial charge in [-0.05, 0) is 18.1 Å². The normalized spacial score (nSPS) is 10.1. The number of esters is 1. The zero-order chi connectivity index (χ0) is 12.8. The van der Waals surface area contributed by atoms with E-state index in [2.05, 4.69) is 20.7 Å². The van der Waals surface area contributed by atoms with Gasteiger partial charge in [0.05, 0.1) is 13.5 Å². The third-order valence-corrected chi connectivity index (χ3v) is 2.92. The molecule has 0 aliphatic rings. The number of methoxy groups -OCH3 is 1. The predicted octanol–water partition coefficient (Wildman–Crippen LogP) is 2.68. The van der Waals surface area contributed by atoms with E-state index in [-0.39, 0.29) is 18.2 Å². The number of hydrogen-bond acceptors (Lipinski definition) is 3. The largest absolute Gasteiger partial charge is 0.469 e. The zero-order valence-corrected chi connectivity index (χ0v) is 11.5. The highest BCUT2D eigenvalue weighted by Crippen LogP contribution is 2.18. The summed E-state index contributed by atoms with van der Waals surface area (Å²) >= 11 is 3.25. The van der Waals surface area contributed by atoms with E-state index in [9.17, 15) is 9.59 Å². The molecule has 0 heterocycles. The summed E-state index contributed by atoms with van der Waals surface area (Å²) in [5.41, 5.74) is 2.29. The molecule has 1 aromatic carbocycles. The van der Waals surface area contributed by atoms with Crippen molar-refractivity contribution in [3.8, 4) is 0 Å². The van der Waals surface area contributed by atoms with Crippen molar-refractivity contribution in [2.45, 2.75) is 19.8 Å². The molecule has 3 nitrogen and oxygen atoms in total. The quantitative estimate of drug-likeness (QED) is 0.477. The minimum absolute atomic E-state index is 0.0545. The van der Waals surface area contributed by atoms with E-state index in [0.29, 0.717) is 17.3 Å². The first-order chi connectivity index (χ1) is 8.10. The average molecular weight is 299 g/mol. The molecule has 0 atom stereocenters. The summed E-state index contributed by atoms with van der Waals surface area (Å²) < 4.78 is 4.63. The Bertz CT molecular complexity index is 427. The van der Waals surface area contributed by atoms with Crippen LogP contribution in [-0.2, 0) is 16.0 Å². The minimum Gasteiger partial charge on any atom is -0.469 e. The Morgan fingerprint density at radius 2 is 2.06 bits per heavy atom. The van der Waals surface area contributed by atoms with Crippen molar-refractivity contribution < 1.29 is 14.3 Å². The SMILES string of the molecule is COC(=O)Cc1cccc(C)c1C(=O)CCBr. The molecular weight excluding hydrogens is 284 g/mol. The molecule has 0 aromatic heterocycles. The lowest BCUT2D eigenvalue weighted by molar-refractivity contribution is -0.139. The molecule has 0 bridgehead atoms. The molecular formula is C13H15BrO3. The van der Waals surface area contributed by atoms with Gasteiger partial charge in [0.25, 0.3) is 0 Å². The fourth-order valence-corrected chi connectivity index (χ4v) is 2.07. The van der Waals surface area contributed by atoms with Crippen LogP contribution in [0, 0.1) is 6.92 Å². The van der Waals surface area contributed by atoms with Crippen LogP contribution in [0.5, 0.6) is 0 Å². The number of alkyl halides is 1. The van der Waals surface area contributed by atoms with Crippen LogP contribution in [0.3, 0.4) is 0 Å². The Morgan fingerprint density at radius 1 is 1.35 bits per heavy atom. The summed E-state index contributed by atoms with van der Waals surface area (Å²) in [6.07, 6.45) is 0.570. The summed E-state index contributed by atoms with van der Waals surface area (Å²) in [7, 11) is 1.35. The van der Waals surface area contributed by atoms with Crippen molar-refractivity contribution in [3.63, 3.8) is 0 Å². The maximum Gasteiger partial charge on any atom is 0.310 e.